The normalized spacial score (nSPS) is 19.7. The number of halogens is 3. The Morgan fingerprint density at radius 1 is 1.06 bits per heavy atom. The van der Waals surface area contributed by atoms with Crippen molar-refractivity contribution >= 4 is 11.4 Å². The topological polar surface area (TPSA) is 55.4 Å². The number of benzene rings is 1. The Bertz CT molecular complexity index is 1370. The second-order valence-corrected chi connectivity index (χ2v) is 8.71. The van der Waals surface area contributed by atoms with E-state index < -0.39 is 17.5 Å². The summed E-state index contributed by atoms with van der Waals surface area (Å²) < 4.78 is 44.7. The lowest BCUT2D eigenvalue weighted by Crippen LogP contribution is -2.50. The Labute approximate surface area is 187 Å². The highest BCUT2D eigenvalue weighted by Crippen LogP contribution is 2.45. The summed E-state index contributed by atoms with van der Waals surface area (Å²) in [6, 6.07) is 9.09. The fraction of sp³-hybridized carbons (Fsp3) is 0.292. The molecule has 3 aromatic heterocycles. The summed E-state index contributed by atoms with van der Waals surface area (Å²) in [5, 5.41) is 9.11. The molecule has 0 saturated carbocycles. The molecule has 0 spiro atoms. The minimum Gasteiger partial charge on any atom is -0.325 e. The van der Waals surface area contributed by atoms with E-state index in [2.05, 4.69) is 10.2 Å². The van der Waals surface area contributed by atoms with Gasteiger partial charge < -0.3 is 4.90 Å². The van der Waals surface area contributed by atoms with Gasteiger partial charge in [0.2, 0.25) is 0 Å². The molecule has 0 radical (unpaired) electrons. The van der Waals surface area contributed by atoms with Gasteiger partial charge in [-0.15, -0.1) is 0 Å². The van der Waals surface area contributed by atoms with Gasteiger partial charge in [-0.05, 0) is 56.0 Å². The number of rotatable bonds is 2. The van der Waals surface area contributed by atoms with Gasteiger partial charge in [-0.2, -0.15) is 10.2 Å². The first kappa shape index (κ1) is 20.0. The molecule has 0 unspecified atom stereocenters. The number of carbonyl (C=O) groups is 1. The molecule has 2 bridgehead atoms. The Kier molecular flexibility index (Phi) is 4.36. The molecule has 4 aromatic rings. The fourth-order valence-corrected chi connectivity index (χ4v) is 5.38. The lowest BCUT2D eigenvalue weighted by molar-refractivity contribution is 0.0385. The van der Waals surface area contributed by atoms with Gasteiger partial charge in [0.05, 0.1) is 22.9 Å². The highest BCUT2D eigenvalue weighted by molar-refractivity contribution is 5.94. The zero-order valence-corrected chi connectivity index (χ0v) is 17.8. The summed E-state index contributed by atoms with van der Waals surface area (Å²) in [6.07, 6.45) is 4.82. The third kappa shape index (κ3) is 2.98. The van der Waals surface area contributed by atoms with Crippen molar-refractivity contribution in [2.75, 3.05) is 0 Å². The second kappa shape index (κ2) is 7.19. The number of aromatic nitrogens is 4. The molecule has 6 nitrogen and oxygen atoms in total. The van der Waals surface area contributed by atoms with Gasteiger partial charge in [0.1, 0.15) is 0 Å². The van der Waals surface area contributed by atoms with Crippen molar-refractivity contribution in [3.63, 3.8) is 0 Å². The largest absolute Gasteiger partial charge is 0.325 e. The van der Waals surface area contributed by atoms with Crippen LogP contribution in [0.3, 0.4) is 0 Å². The summed E-state index contributed by atoms with van der Waals surface area (Å²) in [6.45, 7) is 0. The van der Waals surface area contributed by atoms with Crippen molar-refractivity contribution in [1.82, 2.24) is 24.3 Å². The number of piperidine rings is 1. The summed E-state index contributed by atoms with van der Waals surface area (Å²) in [4.78, 5) is 15.4. The van der Waals surface area contributed by atoms with Crippen molar-refractivity contribution < 1.29 is 18.0 Å². The molecule has 5 heterocycles. The summed E-state index contributed by atoms with van der Waals surface area (Å²) in [5.41, 5.74) is 3.59. The lowest BCUT2D eigenvalue weighted by Gasteiger charge is -2.45. The average molecular weight is 451 g/mol. The second-order valence-electron chi connectivity index (χ2n) is 8.71. The number of amides is 1. The van der Waals surface area contributed by atoms with Crippen LogP contribution in [0, 0.1) is 17.5 Å². The molecule has 33 heavy (non-hydrogen) atoms. The van der Waals surface area contributed by atoms with E-state index in [1.54, 1.807) is 28.5 Å². The van der Waals surface area contributed by atoms with Crippen LogP contribution in [0.25, 0.3) is 16.8 Å². The predicted octanol–water partition coefficient (Wildman–Crippen LogP) is 4.44. The van der Waals surface area contributed by atoms with Crippen LogP contribution in [0.15, 0.2) is 42.6 Å². The number of hydrogen-bond donors (Lipinski definition) is 0. The van der Waals surface area contributed by atoms with Crippen LogP contribution in [0.2, 0.25) is 0 Å². The molecule has 1 saturated heterocycles. The van der Waals surface area contributed by atoms with Gasteiger partial charge in [0, 0.05) is 30.4 Å². The maximum Gasteiger partial charge on any atom is 0.275 e. The summed E-state index contributed by atoms with van der Waals surface area (Å²) in [7, 11) is 1.70. The van der Waals surface area contributed by atoms with Crippen LogP contribution in [-0.2, 0) is 13.5 Å². The van der Waals surface area contributed by atoms with Gasteiger partial charge in [0.25, 0.3) is 5.91 Å². The van der Waals surface area contributed by atoms with Crippen molar-refractivity contribution in [1.29, 1.82) is 0 Å². The molecular weight excluding hydrogens is 431 g/mol. The average Bonchev–Trinajstić information content (AvgIpc) is 3.37. The molecule has 1 fully saturated rings. The minimum absolute atomic E-state index is 0.0772. The Morgan fingerprint density at radius 2 is 1.85 bits per heavy atom. The molecule has 0 aliphatic carbocycles. The number of carbonyl (C=O) groups excluding carboxylic acids is 1. The van der Waals surface area contributed by atoms with Crippen LogP contribution in [0.1, 0.15) is 47.1 Å². The van der Waals surface area contributed by atoms with Crippen LogP contribution in [0.4, 0.5) is 13.2 Å². The molecule has 2 atom stereocenters. The van der Waals surface area contributed by atoms with Crippen molar-refractivity contribution in [2.45, 2.75) is 37.8 Å². The monoisotopic (exact) mass is 451 g/mol. The van der Waals surface area contributed by atoms with E-state index in [0.29, 0.717) is 17.8 Å². The Balaban J connectivity index is 1.43. The lowest BCUT2D eigenvalue weighted by atomic mass is 9.81. The predicted molar refractivity (Wildman–Crippen MR) is 114 cm³/mol. The van der Waals surface area contributed by atoms with Crippen molar-refractivity contribution in [3.8, 4) is 11.3 Å². The van der Waals surface area contributed by atoms with Gasteiger partial charge in [-0.1, -0.05) is 6.07 Å². The number of aryl methyl sites for hydroxylation is 1. The maximum absolute atomic E-state index is 14.0. The summed E-state index contributed by atoms with van der Waals surface area (Å²) >= 11 is 0. The van der Waals surface area contributed by atoms with Crippen molar-refractivity contribution in [3.05, 3.63) is 77.0 Å². The Morgan fingerprint density at radius 3 is 2.61 bits per heavy atom. The van der Waals surface area contributed by atoms with E-state index in [1.807, 2.05) is 23.1 Å². The van der Waals surface area contributed by atoms with Crippen LogP contribution >= 0.6 is 0 Å². The highest BCUT2D eigenvalue weighted by Gasteiger charge is 2.44. The fourth-order valence-electron chi connectivity index (χ4n) is 5.38. The van der Waals surface area contributed by atoms with E-state index in [1.165, 1.54) is 0 Å². The minimum atomic E-state index is -1.49. The van der Waals surface area contributed by atoms with Crippen molar-refractivity contribution in [2.24, 2.45) is 7.05 Å². The number of nitrogens with zero attached hydrogens (tertiary/aromatic N) is 5. The molecule has 9 heteroatoms. The van der Waals surface area contributed by atoms with Gasteiger partial charge >= 0.3 is 0 Å². The first-order valence-corrected chi connectivity index (χ1v) is 10.9. The van der Waals surface area contributed by atoms with E-state index >= 15 is 0 Å². The highest BCUT2D eigenvalue weighted by atomic mass is 19.2. The van der Waals surface area contributed by atoms with E-state index in [0.717, 1.165) is 48.2 Å². The summed E-state index contributed by atoms with van der Waals surface area (Å²) in [5.74, 6) is -4.11. The smallest absolute Gasteiger partial charge is 0.275 e. The molecule has 2 aliphatic rings. The van der Waals surface area contributed by atoms with Gasteiger partial charge in [0.15, 0.2) is 23.1 Å². The number of pyridine rings is 1. The van der Waals surface area contributed by atoms with E-state index in [4.69, 9.17) is 0 Å². The van der Waals surface area contributed by atoms with Gasteiger partial charge in [-0.3, -0.25) is 9.48 Å². The zero-order chi connectivity index (χ0) is 22.9. The van der Waals surface area contributed by atoms with E-state index in [9.17, 15) is 18.0 Å². The third-order valence-corrected chi connectivity index (χ3v) is 6.76. The number of fused-ring (bicyclic) bond motifs is 5. The Hall–Kier alpha value is -3.62. The zero-order valence-electron chi connectivity index (χ0n) is 17.8. The first-order chi connectivity index (χ1) is 15.9. The van der Waals surface area contributed by atoms with Crippen LogP contribution in [-0.4, -0.2) is 36.2 Å². The van der Waals surface area contributed by atoms with Gasteiger partial charge in [-0.25, -0.2) is 17.7 Å². The molecule has 2 aliphatic heterocycles. The standard InChI is InChI=1S/C24H20F3N5O/c1-30-23(13-9-17(25)21(27)18(26)10-13)16-11-15-6-4-7-20(22(16)29-30)32(15)24(33)19-12-14-5-2-3-8-31(14)28-19/h2-3,5,8-10,12,15,20H,4,6-7,11H2,1H3/t15-,20+/m0/s1. The first-order valence-electron chi connectivity index (χ1n) is 10.9. The molecule has 0 N–H and O–H groups in total. The van der Waals surface area contributed by atoms with Crippen LogP contribution < -0.4 is 0 Å². The number of hydrogen-bond acceptors (Lipinski definition) is 3. The quantitative estimate of drug-likeness (QED) is 0.424. The maximum atomic E-state index is 14.0. The molecular formula is C24H20F3N5O. The van der Waals surface area contributed by atoms with E-state index in [-0.39, 0.29) is 23.6 Å². The molecule has 1 amide bonds. The molecule has 168 valence electrons. The SMILES string of the molecule is Cn1nc2c(c1-c1cc(F)c(F)c(F)c1)C[C@@H]1CCC[C@H]2N1C(=O)c1cc2ccccn2n1. The third-order valence-electron chi connectivity index (χ3n) is 6.76. The van der Waals surface area contributed by atoms with Crippen LogP contribution in [0.5, 0.6) is 0 Å². The molecule has 1 aromatic carbocycles. The molecule has 6 rings (SSSR count).